The van der Waals surface area contributed by atoms with Gasteiger partial charge in [0.15, 0.2) is 0 Å². The third-order valence-electron chi connectivity index (χ3n) is 3.50. The first kappa shape index (κ1) is 17.7. The van der Waals surface area contributed by atoms with E-state index in [0.717, 1.165) is 16.9 Å². The number of carbonyl (C=O) groups excluding carboxylic acids is 2. The van der Waals surface area contributed by atoms with E-state index in [9.17, 15) is 9.59 Å². The monoisotopic (exact) mass is 326 g/mol. The Labute approximate surface area is 142 Å². The average Bonchev–Trinajstić information content (AvgIpc) is 2.60. The fraction of sp³-hybridized carbons (Fsp3) is 0.300. The second-order valence-corrected chi connectivity index (χ2v) is 5.61. The van der Waals surface area contributed by atoms with Crippen LogP contribution in [-0.2, 0) is 20.9 Å². The minimum absolute atomic E-state index is 0.127. The van der Waals surface area contributed by atoms with E-state index < -0.39 is 11.8 Å². The Morgan fingerprint density at radius 1 is 0.958 bits per heavy atom. The van der Waals surface area contributed by atoms with E-state index in [1.54, 1.807) is 0 Å². The van der Waals surface area contributed by atoms with Crippen molar-refractivity contribution in [3.63, 3.8) is 0 Å². The van der Waals surface area contributed by atoms with Crippen molar-refractivity contribution in [1.29, 1.82) is 0 Å². The predicted molar refractivity (Wildman–Crippen MR) is 91.8 cm³/mol. The maximum absolute atomic E-state index is 11.7. The van der Waals surface area contributed by atoms with Crippen LogP contribution >= 0.6 is 0 Å². The molecule has 0 radical (unpaired) electrons. The van der Waals surface area contributed by atoms with Crippen LogP contribution in [0.1, 0.15) is 30.4 Å². The molecule has 0 saturated carbocycles. The molecule has 24 heavy (non-hydrogen) atoms. The molecular formula is C20H22O4. The molecule has 2 aromatic rings. The molecule has 2 aromatic carbocycles. The predicted octanol–water partition coefficient (Wildman–Crippen LogP) is 3.86. The number of rotatable bonds is 9. The number of carbonyl (C=O) groups is 2. The molecule has 0 spiro atoms. The average molecular weight is 326 g/mol. The van der Waals surface area contributed by atoms with Gasteiger partial charge in [-0.05, 0) is 43.0 Å². The van der Waals surface area contributed by atoms with Gasteiger partial charge in [0, 0.05) is 6.42 Å². The molecule has 0 heterocycles. The van der Waals surface area contributed by atoms with Crippen LogP contribution in [0.15, 0.2) is 54.6 Å². The number of hydrogen-bond acceptors (Lipinski definition) is 4. The van der Waals surface area contributed by atoms with E-state index in [0.29, 0.717) is 19.4 Å². The van der Waals surface area contributed by atoms with Gasteiger partial charge in [0.25, 0.3) is 0 Å². The Morgan fingerprint density at radius 3 is 2.50 bits per heavy atom. The van der Waals surface area contributed by atoms with E-state index in [1.165, 1.54) is 0 Å². The number of hydrogen-bond donors (Lipinski definition) is 0. The molecule has 2 rings (SSSR count). The van der Waals surface area contributed by atoms with Crippen molar-refractivity contribution >= 4 is 11.8 Å². The summed E-state index contributed by atoms with van der Waals surface area (Å²) in [5, 5.41) is 0. The first-order chi connectivity index (χ1) is 11.6. The van der Waals surface area contributed by atoms with Gasteiger partial charge in [-0.1, -0.05) is 42.5 Å². The van der Waals surface area contributed by atoms with Crippen LogP contribution in [0, 0.1) is 6.92 Å². The van der Waals surface area contributed by atoms with E-state index in [2.05, 4.69) is 0 Å². The topological polar surface area (TPSA) is 52.6 Å². The molecule has 0 aliphatic rings. The van der Waals surface area contributed by atoms with E-state index in [4.69, 9.17) is 9.47 Å². The maximum atomic E-state index is 11.7. The zero-order valence-corrected chi connectivity index (χ0v) is 13.9. The lowest BCUT2D eigenvalue weighted by Gasteiger charge is -2.07. The number of esters is 1. The summed E-state index contributed by atoms with van der Waals surface area (Å²) >= 11 is 0. The lowest BCUT2D eigenvalue weighted by atomic mass is 10.2. The minimum Gasteiger partial charge on any atom is -0.494 e. The molecule has 0 saturated heterocycles. The summed E-state index contributed by atoms with van der Waals surface area (Å²) < 4.78 is 10.6. The molecule has 4 heteroatoms. The normalized spacial score (nSPS) is 10.2. The quantitative estimate of drug-likeness (QED) is 0.399. The van der Waals surface area contributed by atoms with Crippen molar-refractivity contribution in [2.24, 2.45) is 0 Å². The van der Waals surface area contributed by atoms with Crippen LogP contribution in [0.4, 0.5) is 0 Å². The van der Waals surface area contributed by atoms with E-state index >= 15 is 0 Å². The fourth-order valence-electron chi connectivity index (χ4n) is 2.19. The molecule has 0 bridgehead atoms. The minimum atomic E-state index is -0.765. The molecule has 4 nitrogen and oxygen atoms in total. The van der Waals surface area contributed by atoms with Gasteiger partial charge in [-0.15, -0.1) is 0 Å². The summed E-state index contributed by atoms with van der Waals surface area (Å²) in [5.74, 6) is -0.427. The molecule has 0 aromatic heterocycles. The van der Waals surface area contributed by atoms with E-state index in [-0.39, 0.29) is 13.0 Å². The highest BCUT2D eigenvalue weighted by molar-refractivity contribution is 6.33. The highest BCUT2D eigenvalue weighted by Crippen LogP contribution is 2.13. The largest absolute Gasteiger partial charge is 0.494 e. The molecule has 0 atom stereocenters. The second kappa shape index (κ2) is 9.50. The van der Waals surface area contributed by atoms with Crippen LogP contribution in [0.5, 0.6) is 5.75 Å². The van der Waals surface area contributed by atoms with Crippen molar-refractivity contribution in [3.05, 3.63) is 65.7 Å². The number of aryl methyl sites for hydroxylation is 1. The van der Waals surface area contributed by atoms with Gasteiger partial charge in [-0.2, -0.15) is 0 Å². The van der Waals surface area contributed by atoms with Crippen LogP contribution in [0.25, 0.3) is 0 Å². The lowest BCUT2D eigenvalue weighted by Crippen LogP contribution is -2.17. The number of unbranched alkanes of at least 4 members (excludes halogenated alkanes) is 1. The number of ketones is 1. The number of benzene rings is 2. The van der Waals surface area contributed by atoms with Crippen molar-refractivity contribution < 1.29 is 19.1 Å². The Kier molecular flexibility index (Phi) is 7.02. The number of Topliss-reactive ketones (excluding diaryl/α,β-unsaturated/α-hetero) is 1. The Bertz CT molecular complexity index is 664. The summed E-state index contributed by atoms with van der Waals surface area (Å²) in [7, 11) is 0. The Hall–Kier alpha value is -2.62. The molecule has 126 valence electrons. The van der Waals surface area contributed by atoms with Gasteiger partial charge >= 0.3 is 5.97 Å². The van der Waals surface area contributed by atoms with Gasteiger partial charge in [0.2, 0.25) is 5.78 Å². The molecule has 0 aliphatic heterocycles. The number of ether oxygens (including phenoxy) is 2. The lowest BCUT2D eigenvalue weighted by molar-refractivity contribution is -0.154. The zero-order chi connectivity index (χ0) is 17.2. The van der Waals surface area contributed by atoms with Crippen LogP contribution in [0.2, 0.25) is 0 Å². The summed E-state index contributed by atoms with van der Waals surface area (Å²) in [4.78, 5) is 23.4. The van der Waals surface area contributed by atoms with Crippen molar-refractivity contribution in [1.82, 2.24) is 0 Å². The van der Waals surface area contributed by atoms with Crippen LogP contribution in [-0.4, -0.2) is 18.4 Å². The smallest absolute Gasteiger partial charge is 0.374 e. The van der Waals surface area contributed by atoms with Gasteiger partial charge in [0.1, 0.15) is 12.4 Å². The van der Waals surface area contributed by atoms with Crippen LogP contribution in [0.3, 0.4) is 0 Å². The Morgan fingerprint density at radius 2 is 1.75 bits per heavy atom. The van der Waals surface area contributed by atoms with Crippen molar-refractivity contribution in [3.8, 4) is 5.75 Å². The maximum Gasteiger partial charge on any atom is 0.374 e. The third-order valence-corrected chi connectivity index (χ3v) is 3.50. The Balaban J connectivity index is 1.59. The first-order valence-corrected chi connectivity index (χ1v) is 8.08. The van der Waals surface area contributed by atoms with Gasteiger partial charge in [-0.3, -0.25) is 4.79 Å². The first-order valence-electron chi connectivity index (χ1n) is 8.08. The van der Waals surface area contributed by atoms with E-state index in [1.807, 2.05) is 61.5 Å². The van der Waals surface area contributed by atoms with Gasteiger partial charge < -0.3 is 9.47 Å². The standard InChI is InChI=1S/C20H22O4/c1-16-8-7-11-18(14-16)23-13-6-5-12-19(21)20(22)24-15-17-9-3-2-4-10-17/h2-4,7-11,14H,5-6,12-13,15H2,1H3. The van der Waals surface area contributed by atoms with Gasteiger partial charge in [0.05, 0.1) is 6.61 Å². The highest BCUT2D eigenvalue weighted by Gasteiger charge is 2.14. The highest BCUT2D eigenvalue weighted by atomic mass is 16.5. The molecule has 0 unspecified atom stereocenters. The second-order valence-electron chi connectivity index (χ2n) is 5.61. The molecule has 0 N–H and O–H groups in total. The molecule has 0 aliphatic carbocycles. The summed E-state index contributed by atoms with van der Waals surface area (Å²) in [6.07, 6.45) is 1.50. The fourth-order valence-corrected chi connectivity index (χ4v) is 2.19. The van der Waals surface area contributed by atoms with Gasteiger partial charge in [-0.25, -0.2) is 4.79 Å². The summed E-state index contributed by atoms with van der Waals surface area (Å²) in [5.41, 5.74) is 2.01. The molecule has 0 fully saturated rings. The molecule has 0 amide bonds. The van der Waals surface area contributed by atoms with Crippen LogP contribution < -0.4 is 4.74 Å². The third kappa shape index (κ3) is 6.24. The SMILES string of the molecule is Cc1cccc(OCCCCC(=O)C(=O)OCc2ccccc2)c1. The summed E-state index contributed by atoms with van der Waals surface area (Å²) in [6, 6.07) is 17.1. The van der Waals surface area contributed by atoms with Crippen molar-refractivity contribution in [2.45, 2.75) is 32.8 Å². The van der Waals surface area contributed by atoms with Crippen molar-refractivity contribution in [2.75, 3.05) is 6.61 Å². The zero-order valence-electron chi connectivity index (χ0n) is 13.9. The summed E-state index contributed by atoms with van der Waals surface area (Å²) in [6.45, 7) is 2.66. The molecular weight excluding hydrogens is 304 g/mol.